The lowest BCUT2D eigenvalue weighted by Crippen LogP contribution is -2.44. The molecular formula is C14H16O3. The van der Waals surface area contributed by atoms with Gasteiger partial charge in [0.2, 0.25) is 0 Å². The first-order valence-corrected chi connectivity index (χ1v) is 5.64. The molecule has 17 heavy (non-hydrogen) atoms. The Hall–Kier alpha value is -1.61. The molecule has 3 nitrogen and oxygen atoms in total. The highest BCUT2D eigenvalue weighted by atomic mass is 16.5. The van der Waals surface area contributed by atoms with Crippen LogP contribution < -0.4 is 0 Å². The number of fused-ring (bicyclic) bond motifs is 1. The molecule has 0 radical (unpaired) electrons. The van der Waals surface area contributed by atoms with Gasteiger partial charge in [-0.05, 0) is 18.1 Å². The van der Waals surface area contributed by atoms with Gasteiger partial charge in [0.05, 0.1) is 5.92 Å². The highest BCUT2D eigenvalue weighted by molar-refractivity contribution is 5.73. The molecule has 2 atom stereocenters. The summed E-state index contributed by atoms with van der Waals surface area (Å²) in [6.07, 6.45) is 4.42. The maximum atomic E-state index is 11.2. The summed E-state index contributed by atoms with van der Waals surface area (Å²) in [6.45, 7) is 1.68. The van der Waals surface area contributed by atoms with Gasteiger partial charge < -0.3 is 9.84 Å². The molecule has 1 aromatic carbocycles. The third kappa shape index (κ3) is 1.98. The van der Waals surface area contributed by atoms with E-state index in [1.54, 1.807) is 14.0 Å². The van der Waals surface area contributed by atoms with Gasteiger partial charge in [-0.1, -0.05) is 36.4 Å². The number of ether oxygens (including phenoxy) is 1. The number of benzene rings is 1. The van der Waals surface area contributed by atoms with E-state index in [0.717, 1.165) is 11.1 Å². The molecule has 0 aromatic heterocycles. The molecule has 0 spiro atoms. The third-order valence-electron chi connectivity index (χ3n) is 3.55. The Balaban J connectivity index is 2.39. The van der Waals surface area contributed by atoms with Crippen LogP contribution in [0.3, 0.4) is 0 Å². The summed E-state index contributed by atoms with van der Waals surface area (Å²) in [5.74, 6) is -1.41. The van der Waals surface area contributed by atoms with Crippen LogP contribution in [0.4, 0.5) is 0 Å². The predicted octanol–water partition coefficient (Wildman–Crippen LogP) is 2.36. The Kier molecular flexibility index (Phi) is 3.03. The van der Waals surface area contributed by atoms with Gasteiger partial charge in [0.25, 0.3) is 0 Å². The maximum Gasteiger partial charge on any atom is 0.309 e. The van der Waals surface area contributed by atoms with E-state index >= 15 is 0 Å². The average Bonchev–Trinajstić information content (AvgIpc) is 2.37. The second-order valence-corrected chi connectivity index (χ2v) is 4.43. The molecule has 1 N–H and O–H groups in total. The number of carboxylic acids is 1. The highest BCUT2D eigenvalue weighted by Gasteiger charge is 2.40. The fourth-order valence-electron chi connectivity index (χ4n) is 2.27. The molecule has 90 valence electrons. The van der Waals surface area contributed by atoms with E-state index < -0.39 is 17.5 Å². The quantitative estimate of drug-likeness (QED) is 0.870. The van der Waals surface area contributed by atoms with Crippen molar-refractivity contribution >= 4 is 12.0 Å². The van der Waals surface area contributed by atoms with Gasteiger partial charge in [-0.15, -0.1) is 0 Å². The van der Waals surface area contributed by atoms with Crippen LogP contribution in [-0.2, 0) is 16.0 Å². The lowest BCUT2D eigenvalue weighted by molar-refractivity contribution is -0.149. The normalized spacial score (nSPS) is 24.1. The first-order valence-electron chi connectivity index (χ1n) is 5.64. The highest BCUT2D eigenvalue weighted by Crippen LogP contribution is 2.34. The van der Waals surface area contributed by atoms with Crippen molar-refractivity contribution in [1.29, 1.82) is 0 Å². The zero-order valence-electron chi connectivity index (χ0n) is 10.0. The zero-order valence-corrected chi connectivity index (χ0v) is 10.0. The molecule has 0 amide bonds. The Morgan fingerprint density at radius 1 is 1.47 bits per heavy atom. The van der Waals surface area contributed by atoms with Gasteiger partial charge in [-0.25, -0.2) is 0 Å². The number of methoxy groups -OCH3 is 1. The molecule has 0 aliphatic heterocycles. The summed E-state index contributed by atoms with van der Waals surface area (Å²) in [5.41, 5.74) is 1.53. The molecule has 1 aromatic rings. The van der Waals surface area contributed by atoms with E-state index in [9.17, 15) is 4.79 Å². The molecule has 2 unspecified atom stereocenters. The van der Waals surface area contributed by atoms with Crippen molar-refractivity contribution in [2.75, 3.05) is 7.11 Å². The Morgan fingerprint density at radius 3 is 2.82 bits per heavy atom. The molecule has 0 saturated carbocycles. The Labute approximate surface area is 101 Å². The van der Waals surface area contributed by atoms with E-state index in [4.69, 9.17) is 9.84 Å². The van der Waals surface area contributed by atoms with Crippen molar-refractivity contribution in [3.63, 3.8) is 0 Å². The van der Waals surface area contributed by atoms with Crippen LogP contribution in [0.1, 0.15) is 18.1 Å². The smallest absolute Gasteiger partial charge is 0.309 e. The van der Waals surface area contributed by atoms with E-state index in [2.05, 4.69) is 0 Å². The number of hydrogen-bond acceptors (Lipinski definition) is 2. The first-order chi connectivity index (χ1) is 8.09. The molecule has 0 fully saturated rings. The van der Waals surface area contributed by atoms with Crippen LogP contribution in [0.15, 0.2) is 30.3 Å². The fraction of sp³-hybridized carbons (Fsp3) is 0.357. The van der Waals surface area contributed by atoms with Crippen LogP contribution in [0.2, 0.25) is 0 Å². The maximum absolute atomic E-state index is 11.2. The summed E-state index contributed by atoms with van der Waals surface area (Å²) in [4.78, 5) is 11.2. The summed E-state index contributed by atoms with van der Waals surface area (Å²) in [5, 5.41) is 9.16. The number of aliphatic carboxylic acids is 1. The first kappa shape index (κ1) is 11.9. The number of rotatable bonds is 3. The van der Waals surface area contributed by atoms with Gasteiger partial charge >= 0.3 is 5.97 Å². The van der Waals surface area contributed by atoms with Gasteiger partial charge in [0.15, 0.2) is 0 Å². The summed E-state index contributed by atoms with van der Waals surface area (Å²) >= 11 is 0. The van der Waals surface area contributed by atoms with Crippen molar-refractivity contribution in [3.8, 4) is 0 Å². The largest absolute Gasteiger partial charge is 0.481 e. The lowest BCUT2D eigenvalue weighted by Gasteiger charge is -2.36. The molecule has 1 aliphatic rings. The minimum absolute atomic E-state index is 0.572. The third-order valence-corrected chi connectivity index (χ3v) is 3.55. The molecular weight excluding hydrogens is 216 g/mol. The fourth-order valence-corrected chi connectivity index (χ4v) is 2.27. The van der Waals surface area contributed by atoms with E-state index in [-0.39, 0.29) is 0 Å². The molecule has 0 bridgehead atoms. The SMILES string of the molecule is COC1(C(C)C(=O)O)C=Cc2ccccc2C1. The number of carboxylic acid groups (broad SMARTS) is 1. The van der Waals surface area contributed by atoms with Crippen LogP contribution in [0, 0.1) is 5.92 Å². The molecule has 0 saturated heterocycles. The van der Waals surface area contributed by atoms with Gasteiger partial charge in [-0.2, -0.15) is 0 Å². The molecule has 2 rings (SSSR count). The summed E-state index contributed by atoms with van der Waals surface area (Å²) < 4.78 is 5.49. The van der Waals surface area contributed by atoms with Crippen molar-refractivity contribution in [2.24, 2.45) is 5.92 Å². The second-order valence-electron chi connectivity index (χ2n) is 4.43. The monoisotopic (exact) mass is 232 g/mol. The lowest BCUT2D eigenvalue weighted by atomic mass is 9.78. The standard InChI is InChI=1S/C14H16O3/c1-10(13(15)16)14(17-2)8-7-11-5-3-4-6-12(11)9-14/h3-8,10H,9H2,1-2H3,(H,15,16). The molecule has 3 heteroatoms. The predicted molar refractivity (Wildman–Crippen MR) is 65.7 cm³/mol. The van der Waals surface area contributed by atoms with E-state index in [1.165, 1.54) is 0 Å². The molecule has 1 aliphatic carbocycles. The zero-order chi connectivity index (χ0) is 12.5. The number of carbonyl (C=O) groups is 1. The van der Waals surface area contributed by atoms with E-state index in [1.807, 2.05) is 36.4 Å². The van der Waals surface area contributed by atoms with E-state index in [0.29, 0.717) is 6.42 Å². The Morgan fingerprint density at radius 2 is 2.18 bits per heavy atom. The van der Waals surface area contributed by atoms with Crippen molar-refractivity contribution in [3.05, 3.63) is 41.5 Å². The minimum atomic E-state index is -0.837. The van der Waals surface area contributed by atoms with Crippen molar-refractivity contribution < 1.29 is 14.6 Å². The molecule has 0 heterocycles. The van der Waals surface area contributed by atoms with Crippen LogP contribution in [-0.4, -0.2) is 23.8 Å². The second kappa shape index (κ2) is 4.34. The number of hydrogen-bond donors (Lipinski definition) is 1. The summed E-state index contributed by atoms with van der Waals surface area (Å²) in [6, 6.07) is 7.98. The summed E-state index contributed by atoms with van der Waals surface area (Å²) in [7, 11) is 1.57. The van der Waals surface area contributed by atoms with Crippen LogP contribution >= 0.6 is 0 Å². The van der Waals surface area contributed by atoms with Gasteiger partial charge in [0, 0.05) is 13.5 Å². The van der Waals surface area contributed by atoms with Crippen molar-refractivity contribution in [2.45, 2.75) is 18.9 Å². The van der Waals surface area contributed by atoms with Crippen molar-refractivity contribution in [1.82, 2.24) is 0 Å². The van der Waals surface area contributed by atoms with Crippen LogP contribution in [0.5, 0.6) is 0 Å². The van der Waals surface area contributed by atoms with Gasteiger partial charge in [0.1, 0.15) is 5.60 Å². The average molecular weight is 232 g/mol. The Bertz CT molecular complexity index is 464. The minimum Gasteiger partial charge on any atom is -0.481 e. The van der Waals surface area contributed by atoms with Gasteiger partial charge in [-0.3, -0.25) is 4.79 Å². The topological polar surface area (TPSA) is 46.5 Å². The van der Waals surface area contributed by atoms with Crippen LogP contribution in [0.25, 0.3) is 6.08 Å².